The predicted octanol–water partition coefficient (Wildman–Crippen LogP) is 2.82. The third-order valence-corrected chi connectivity index (χ3v) is 5.07. The summed E-state index contributed by atoms with van der Waals surface area (Å²) in [5.74, 6) is 0.759. The quantitative estimate of drug-likeness (QED) is 0.230. The molecule has 9 nitrogen and oxygen atoms in total. The number of Topliss-reactive ketones (excluding diaryl/α,β-unsaturated/α-hetero) is 1. The molecule has 2 aromatic heterocycles. The monoisotopic (exact) mass is 441 g/mol. The number of amidine groups is 1. The number of hydrogen-bond donors (Lipinski definition) is 4. The number of nitrogens with one attached hydrogen (secondary N) is 3. The molecule has 0 fully saturated rings. The van der Waals surface area contributed by atoms with Gasteiger partial charge in [-0.3, -0.25) is 15.0 Å². The molecule has 0 saturated heterocycles. The van der Waals surface area contributed by atoms with Crippen LogP contribution in [-0.4, -0.2) is 31.6 Å². The van der Waals surface area contributed by atoms with E-state index in [2.05, 4.69) is 25.3 Å². The number of hydrogen-bond acceptors (Lipinski definition) is 7. The Morgan fingerprint density at radius 1 is 1.06 bits per heavy atom. The first-order valence-electron chi connectivity index (χ1n) is 10.5. The van der Waals surface area contributed by atoms with Crippen molar-refractivity contribution < 1.29 is 4.79 Å². The van der Waals surface area contributed by atoms with Crippen LogP contribution in [0, 0.1) is 5.41 Å². The molecule has 2 aromatic carbocycles. The number of benzene rings is 2. The number of carbonyl (C=O) groups is 1. The van der Waals surface area contributed by atoms with E-state index < -0.39 is 0 Å². The number of aromatic amines is 1. The lowest BCUT2D eigenvalue weighted by Gasteiger charge is -2.08. The lowest BCUT2D eigenvalue weighted by molar-refractivity contribution is -0.117. The fraction of sp³-hybridized carbons (Fsp3) is 0.167. The van der Waals surface area contributed by atoms with Crippen LogP contribution in [0.5, 0.6) is 0 Å². The zero-order valence-electron chi connectivity index (χ0n) is 17.8. The number of fused-ring (bicyclic) bond motifs is 1. The number of nitrogens with zero attached hydrogens (tertiary/aromatic N) is 3. The zero-order chi connectivity index (χ0) is 23.2. The molecule has 0 aliphatic heterocycles. The Morgan fingerprint density at radius 2 is 1.85 bits per heavy atom. The van der Waals surface area contributed by atoms with Gasteiger partial charge in [0.1, 0.15) is 11.6 Å². The van der Waals surface area contributed by atoms with Crippen LogP contribution in [0.25, 0.3) is 22.0 Å². The van der Waals surface area contributed by atoms with Crippen LogP contribution in [0.3, 0.4) is 0 Å². The van der Waals surface area contributed by atoms with E-state index in [-0.39, 0.29) is 30.1 Å². The largest absolute Gasteiger partial charge is 0.387 e. The highest BCUT2D eigenvalue weighted by Crippen LogP contribution is 2.20. The average molecular weight is 441 g/mol. The maximum Gasteiger partial charge on any atom is 0.258 e. The van der Waals surface area contributed by atoms with Crippen LogP contribution in [0.2, 0.25) is 0 Å². The number of ketones is 1. The predicted molar refractivity (Wildman–Crippen MR) is 127 cm³/mol. The third-order valence-electron chi connectivity index (χ3n) is 5.07. The van der Waals surface area contributed by atoms with Crippen molar-refractivity contribution in [2.45, 2.75) is 25.8 Å². The molecule has 0 unspecified atom stereocenters. The van der Waals surface area contributed by atoms with E-state index in [1.54, 1.807) is 30.6 Å². The summed E-state index contributed by atoms with van der Waals surface area (Å²) in [5, 5.41) is 10.8. The molecule has 4 rings (SSSR count). The Morgan fingerprint density at radius 3 is 2.64 bits per heavy atom. The second-order valence-corrected chi connectivity index (χ2v) is 7.62. The highest BCUT2D eigenvalue weighted by molar-refractivity contribution is 5.98. The van der Waals surface area contributed by atoms with Crippen molar-refractivity contribution in [1.82, 2.24) is 19.9 Å². The van der Waals surface area contributed by atoms with Crippen LogP contribution in [-0.2, 0) is 17.8 Å². The molecule has 0 aliphatic rings. The summed E-state index contributed by atoms with van der Waals surface area (Å²) in [4.78, 5) is 39.9. The molecule has 0 bridgehead atoms. The van der Waals surface area contributed by atoms with Gasteiger partial charge in [0.25, 0.3) is 5.56 Å². The van der Waals surface area contributed by atoms with E-state index in [0.717, 1.165) is 16.7 Å². The van der Waals surface area contributed by atoms with Crippen LogP contribution < -0.4 is 16.6 Å². The molecule has 0 atom stereocenters. The van der Waals surface area contributed by atoms with E-state index in [9.17, 15) is 9.59 Å². The van der Waals surface area contributed by atoms with Gasteiger partial charge >= 0.3 is 0 Å². The number of carbonyl (C=O) groups excluding carboxylic acids is 1. The molecule has 0 radical (unpaired) electrons. The summed E-state index contributed by atoms with van der Waals surface area (Å²) in [6.45, 7) is 0.281. The van der Waals surface area contributed by atoms with E-state index >= 15 is 0 Å². The minimum atomic E-state index is -0.184. The Bertz CT molecular complexity index is 1360. The molecular weight excluding hydrogens is 418 g/mol. The maximum absolute atomic E-state index is 12.2. The van der Waals surface area contributed by atoms with E-state index in [0.29, 0.717) is 35.5 Å². The zero-order valence-corrected chi connectivity index (χ0v) is 17.8. The molecule has 0 spiro atoms. The number of rotatable bonds is 9. The van der Waals surface area contributed by atoms with Crippen molar-refractivity contribution in [3.63, 3.8) is 0 Å². The summed E-state index contributed by atoms with van der Waals surface area (Å²) in [7, 11) is 0. The van der Waals surface area contributed by atoms with Crippen LogP contribution in [0.15, 0.2) is 65.7 Å². The number of aryl methyl sites for hydroxylation is 1. The number of H-pyrrole nitrogens is 1. The van der Waals surface area contributed by atoms with Gasteiger partial charge in [0.05, 0.1) is 29.7 Å². The van der Waals surface area contributed by atoms with Crippen molar-refractivity contribution in [3.05, 3.63) is 82.7 Å². The van der Waals surface area contributed by atoms with Gasteiger partial charge in [0.2, 0.25) is 5.95 Å². The Labute approximate surface area is 189 Å². The summed E-state index contributed by atoms with van der Waals surface area (Å²) in [6.07, 6.45) is 4.34. The summed E-state index contributed by atoms with van der Waals surface area (Å²) in [6, 6.07) is 15.0. The normalized spacial score (nSPS) is 10.8. The van der Waals surface area contributed by atoms with Crippen molar-refractivity contribution >= 4 is 28.5 Å². The number of aromatic nitrogens is 4. The van der Waals surface area contributed by atoms with E-state index in [1.807, 2.05) is 30.3 Å². The topological polar surface area (TPSA) is 150 Å². The minimum absolute atomic E-state index is 0.00932. The van der Waals surface area contributed by atoms with Crippen molar-refractivity contribution in [2.24, 2.45) is 5.73 Å². The molecular formula is C24H23N7O2. The smallest absolute Gasteiger partial charge is 0.258 e. The molecule has 4 aromatic rings. The maximum atomic E-state index is 12.2. The Hall–Kier alpha value is -4.40. The molecule has 2 heterocycles. The molecule has 33 heavy (non-hydrogen) atoms. The fourth-order valence-corrected chi connectivity index (χ4v) is 3.44. The first-order chi connectivity index (χ1) is 16.0. The van der Waals surface area contributed by atoms with Crippen molar-refractivity contribution in [2.75, 3.05) is 5.32 Å². The number of para-hydroxylation sites is 1. The summed E-state index contributed by atoms with van der Waals surface area (Å²) in [5.41, 5.74) is 8.53. The van der Waals surface area contributed by atoms with E-state index in [1.165, 1.54) is 0 Å². The first kappa shape index (κ1) is 21.8. The lowest BCUT2D eigenvalue weighted by Crippen LogP contribution is -2.15. The SMILES string of the molecule is N=C(N)CC(=O)CCc1cccc(-c2cnc(NCc3nc4ccccc4c(=O)[nH]3)nc2)c1. The fourth-order valence-electron chi connectivity index (χ4n) is 3.44. The Kier molecular flexibility index (Phi) is 6.49. The second kappa shape index (κ2) is 9.82. The van der Waals surface area contributed by atoms with Gasteiger partial charge in [-0.25, -0.2) is 15.0 Å². The molecule has 5 N–H and O–H groups in total. The van der Waals surface area contributed by atoms with Crippen LogP contribution in [0.4, 0.5) is 5.95 Å². The van der Waals surface area contributed by atoms with Crippen molar-refractivity contribution in [1.29, 1.82) is 5.41 Å². The average Bonchev–Trinajstić information content (AvgIpc) is 2.82. The second-order valence-electron chi connectivity index (χ2n) is 7.62. The molecule has 0 saturated carbocycles. The molecule has 0 aliphatic carbocycles. The first-order valence-corrected chi connectivity index (χ1v) is 10.5. The molecule has 166 valence electrons. The summed E-state index contributed by atoms with van der Waals surface area (Å²) < 4.78 is 0. The summed E-state index contributed by atoms with van der Waals surface area (Å²) >= 11 is 0. The van der Waals surface area contributed by atoms with Crippen LogP contribution >= 0.6 is 0 Å². The third kappa shape index (κ3) is 5.65. The standard InChI is InChI=1S/C24H23N7O2/c25-21(26)11-18(32)9-8-15-4-3-5-16(10-15)17-12-27-24(28-13-17)29-14-22-30-20-7-2-1-6-19(20)23(33)31-22/h1-7,10,12-13H,8-9,11,14H2,(H3,25,26)(H,27,28,29)(H,30,31,33). The van der Waals surface area contributed by atoms with Crippen molar-refractivity contribution in [3.8, 4) is 11.1 Å². The molecule has 9 heteroatoms. The minimum Gasteiger partial charge on any atom is -0.387 e. The van der Waals surface area contributed by atoms with Gasteiger partial charge in [-0.2, -0.15) is 0 Å². The van der Waals surface area contributed by atoms with E-state index in [4.69, 9.17) is 11.1 Å². The van der Waals surface area contributed by atoms with Gasteiger partial charge < -0.3 is 16.0 Å². The molecule has 0 amide bonds. The van der Waals surface area contributed by atoms with Gasteiger partial charge in [0, 0.05) is 24.4 Å². The number of nitrogens with two attached hydrogens (primary N) is 1. The lowest BCUT2D eigenvalue weighted by atomic mass is 10.0. The highest BCUT2D eigenvalue weighted by Gasteiger charge is 2.07. The van der Waals surface area contributed by atoms with Gasteiger partial charge in [-0.1, -0.05) is 36.4 Å². The van der Waals surface area contributed by atoms with Gasteiger partial charge in [-0.05, 0) is 29.7 Å². The van der Waals surface area contributed by atoms with Gasteiger partial charge in [-0.15, -0.1) is 0 Å². The van der Waals surface area contributed by atoms with Crippen LogP contribution in [0.1, 0.15) is 24.2 Å². The Balaban J connectivity index is 1.40. The number of anilines is 1. The highest BCUT2D eigenvalue weighted by atomic mass is 16.1. The van der Waals surface area contributed by atoms with Gasteiger partial charge in [0.15, 0.2) is 0 Å².